The van der Waals surface area contributed by atoms with Crippen LogP contribution >= 0.6 is 11.6 Å². The topological polar surface area (TPSA) is 79.8 Å². The van der Waals surface area contributed by atoms with Gasteiger partial charge in [-0.05, 0) is 42.0 Å². The number of hydrogen-bond acceptors (Lipinski definition) is 4. The zero-order valence-corrected chi connectivity index (χ0v) is 14.7. The van der Waals surface area contributed by atoms with Crippen molar-refractivity contribution in [2.75, 3.05) is 13.2 Å². The summed E-state index contributed by atoms with van der Waals surface area (Å²) in [6.45, 7) is 3.80. The van der Waals surface area contributed by atoms with Gasteiger partial charge in [0.1, 0.15) is 12.4 Å². The Hall–Kier alpha value is -3.12. The van der Waals surface area contributed by atoms with Gasteiger partial charge in [0.15, 0.2) is 0 Å². The smallest absolute Gasteiger partial charge is 0.259 e. The fourth-order valence-corrected chi connectivity index (χ4v) is 2.05. The summed E-state index contributed by atoms with van der Waals surface area (Å²) < 4.78 is 5.41. The molecule has 7 heteroatoms. The Morgan fingerprint density at radius 3 is 2.69 bits per heavy atom. The highest BCUT2D eigenvalue weighted by atomic mass is 35.5. The molecule has 0 aliphatic rings. The predicted octanol–water partition coefficient (Wildman–Crippen LogP) is 2.78. The number of ether oxygens (including phenoxy) is 1. The van der Waals surface area contributed by atoms with Crippen LogP contribution in [0.1, 0.15) is 15.9 Å². The zero-order valence-electron chi connectivity index (χ0n) is 13.9. The van der Waals surface area contributed by atoms with Gasteiger partial charge in [-0.15, -0.1) is 0 Å². The molecule has 0 heterocycles. The van der Waals surface area contributed by atoms with Gasteiger partial charge in [-0.2, -0.15) is 5.10 Å². The van der Waals surface area contributed by atoms with E-state index < -0.39 is 5.91 Å². The van der Waals surface area contributed by atoms with Crippen molar-refractivity contribution in [3.63, 3.8) is 0 Å². The van der Waals surface area contributed by atoms with Crippen molar-refractivity contribution in [1.29, 1.82) is 0 Å². The molecule has 26 heavy (non-hydrogen) atoms. The molecule has 2 aromatic rings. The standard InChI is InChI=1S/C19H18ClN3O3/c1-2-10-26-17-5-3-4-14(11-17)12-22-23-18(24)13-21-19(25)15-6-8-16(20)9-7-15/h2-9,11-12H,1,10,13H2,(H,21,25)(H,23,24)/b22-12+. The third-order valence-electron chi connectivity index (χ3n) is 3.14. The average Bonchev–Trinajstić information content (AvgIpc) is 2.65. The number of benzene rings is 2. The van der Waals surface area contributed by atoms with Crippen molar-refractivity contribution in [1.82, 2.24) is 10.7 Å². The Bertz CT molecular complexity index is 804. The molecule has 0 saturated heterocycles. The molecule has 2 aromatic carbocycles. The van der Waals surface area contributed by atoms with E-state index in [1.165, 1.54) is 6.21 Å². The van der Waals surface area contributed by atoms with E-state index in [1.54, 1.807) is 36.4 Å². The fourth-order valence-electron chi connectivity index (χ4n) is 1.92. The van der Waals surface area contributed by atoms with Crippen LogP contribution in [0, 0.1) is 0 Å². The molecule has 2 N–H and O–H groups in total. The van der Waals surface area contributed by atoms with Gasteiger partial charge in [0.05, 0.1) is 12.8 Å². The first-order valence-electron chi connectivity index (χ1n) is 7.78. The van der Waals surface area contributed by atoms with Crippen molar-refractivity contribution in [3.8, 4) is 5.75 Å². The minimum Gasteiger partial charge on any atom is -0.490 e. The van der Waals surface area contributed by atoms with Crippen molar-refractivity contribution in [2.45, 2.75) is 0 Å². The van der Waals surface area contributed by atoms with Gasteiger partial charge in [0, 0.05) is 10.6 Å². The van der Waals surface area contributed by atoms with Crippen LogP contribution in [0.3, 0.4) is 0 Å². The van der Waals surface area contributed by atoms with Gasteiger partial charge in [0.25, 0.3) is 11.8 Å². The molecule has 0 fully saturated rings. The van der Waals surface area contributed by atoms with Crippen LogP contribution in [0.15, 0.2) is 66.3 Å². The molecule has 0 saturated carbocycles. The molecule has 6 nitrogen and oxygen atoms in total. The van der Waals surface area contributed by atoms with E-state index in [-0.39, 0.29) is 12.5 Å². The lowest BCUT2D eigenvalue weighted by molar-refractivity contribution is -0.120. The number of carbonyl (C=O) groups is 2. The monoisotopic (exact) mass is 371 g/mol. The van der Waals surface area contributed by atoms with Crippen molar-refractivity contribution < 1.29 is 14.3 Å². The van der Waals surface area contributed by atoms with Crippen LogP contribution in [0.2, 0.25) is 5.02 Å². The molecule has 0 spiro atoms. The van der Waals surface area contributed by atoms with Gasteiger partial charge in [-0.3, -0.25) is 9.59 Å². The Kier molecular flexibility index (Phi) is 7.39. The molecular formula is C19H18ClN3O3. The number of nitrogens with one attached hydrogen (secondary N) is 2. The van der Waals surface area contributed by atoms with Gasteiger partial charge in [-0.25, -0.2) is 5.43 Å². The highest BCUT2D eigenvalue weighted by Crippen LogP contribution is 2.12. The van der Waals surface area contributed by atoms with E-state index in [9.17, 15) is 9.59 Å². The lowest BCUT2D eigenvalue weighted by Gasteiger charge is -2.05. The van der Waals surface area contributed by atoms with Crippen LogP contribution in [0.4, 0.5) is 0 Å². The van der Waals surface area contributed by atoms with E-state index in [0.29, 0.717) is 22.9 Å². The average molecular weight is 372 g/mol. The third-order valence-corrected chi connectivity index (χ3v) is 3.40. The Balaban J connectivity index is 1.79. The summed E-state index contributed by atoms with van der Waals surface area (Å²) in [6, 6.07) is 13.6. The third kappa shape index (κ3) is 6.41. The number of carbonyl (C=O) groups excluding carboxylic acids is 2. The quantitative estimate of drug-likeness (QED) is 0.425. The molecule has 2 amide bonds. The first-order valence-corrected chi connectivity index (χ1v) is 8.15. The van der Waals surface area contributed by atoms with E-state index in [1.807, 2.05) is 18.2 Å². The normalized spacial score (nSPS) is 10.3. The zero-order chi connectivity index (χ0) is 18.8. The lowest BCUT2D eigenvalue weighted by atomic mass is 10.2. The summed E-state index contributed by atoms with van der Waals surface area (Å²) in [7, 11) is 0. The van der Waals surface area contributed by atoms with Gasteiger partial charge >= 0.3 is 0 Å². The van der Waals surface area contributed by atoms with Crippen molar-refractivity contribution in [3.05, 3.63) is 77.3 Å². The molecular weight excluding hydrogens is 354 g/mol. The van der Waals surface area contributed by atoms with Crippen molar-refractivity contribution in [2.24, 2.45) is 5.10 Å². The summed E-state index contributed by atoms with van der Waals surface area (Å²) >= 11 is 5.76. The minimum atomic E-state index is -0.442. The largest absolute Gasteiger partial charge is 0.490 e. The highest BCUT2D eigenvalue weighted by molar-refractivity contribution is 6.30. The molecule has 0 aromatic heterocycles. The summed E-state index contributed by atoms with van der Waals surface area (Å²) in [6.07, 6.45) is 3.14. The number of hydrogen-bond donors (Lipinski definition) is 2. The number of amides is 2. The molecule has 0 aliphatic heterocycles. The van der Waals surface area contributed by atoms with Crippen LogP contribution in [0.5, 0.6) is 5.75 Å². The Morgan fingerprint density at radius 1 is 1.19 bits per heavy atom. The minimum absolute atomic E-state index is 0.193. The molecule has 0 bridgehead atoms. The maximum atomic E-state index is 11.9. The summed E-state index contributed by atoms with van der Waals surface area (Å²) in [5, 5.41) is 6.89. The molecule has 0 aliphatic carbocycles. The number of nitrogens with zero attached hydrogens (tertiary/aromatic N) is 1. The molecule has 2 rings (SSSR count). The van der Waals surface area contributed by atoms with Crippen LogP contribution in [0.25, 0.3) is 0 Å². The van der Waals surface area contributed by atoms with Gasteiger partial charge < -0.3 is 10.1 Å². The van der Waals surface area contributed by atoms with Gasteiger partial charge in [-0.1, -0.05) is 36.4 Å². The van der Waals surface area contributed by atoms with Crippen LogP contribution in [-0.4, -0.2) is 31.2 Å². The fraction of sp³-hybridized carbons (Fsp3) is 0.105. The van der Waals surface area contributed by atoms with Crippen molar-refractivity contribution >= 4 is 29.6 Å². The van der Waals surface area contributed by atoms with E-state index >= 15 is 0 Å². The summed E-state index contributed by atoms with van der Waals surface area (Å²) in [4.78, 5) is 23.6. The predicted molar refractivity (Wildman–Crippen MR) is 102 cm³/mol. The Labute approximate surface area is 156 Å². The molecule has 0 radical (unpaired) electrons. The second-order valence-corrected chi connectivity index (χ2v) is 5.59. The van der Waals surface area contributed by atoms with E-state index in [2.05, 4.69) is 22.4 Å². The number of hydrazone groups is 1. The van der Waals surface area contributed by atoms with E-state index in [0.717, 1.165) is 5.56 Å². The highest BCUT2D eigenvalue weighted by Gasteiger charge is 2.07. The maximum Gasteiger partial charge on any atom is 0.259 e. The summed E-state index contributed by atoms with van der Waals surface area (Å²) in [5.41, 5.74) is 3.53. The molecule has 0 atom stereocenters. The number of rotatable bonds is 8. The first-order chi connectivity index (χ1) is 12.6. The lowest BCUT2D eigenvalue weighted by Crippen LogP contribution is -2.34. The summed E-state index contributed by atoms with van der Waals surface area (Å²) in [5.74, 6) is -0.133. The van der Waals surface area contributed by atoms with E-state index in [4.69, 9.17) is 16.3 Å². The number of halogens is 1. The first kappa shape index (κ1) is 19.2. The Morgan fingerprint density at radius 2 is 1.96 bits per heavy atom. The van der Waals surface area contributed by atoms with Crippen LogP contribution in [-0.2, 0) is 4.79 Å². The SMILES string of the molecule is C=CCOc1cccc(/C=N/NC(=O)CNC(=O)c2ccc(Cl)cc2)c1. The van der Waals surface area contributed by atoms with Crippen LogP contribution < -0.4 is 15.5 Å². The molecule has 0 unspecified atom stereocenters. The molecule has 134 valence electrons. The maximum absolute atomic E-state index is 11.9. The van der Waals surface area contributed by atoms with Gasteiger partial charge in [0.2, 0.25) is 0 Å². The second kappa shape index (κ2) is 10.0. The second-order valence-electron chi connectivity index (χ2n) is 5.15.